The van der Waals surface area contributed by atoms with Gasteiger partial charge >= 0.3 is 0 Å². The molecule has 184 valence electrons. The van der Waals surface area contributed by atoms with E-state index in [1.54, 1.807) is 4.68 Å². The molecule has 35 heavy (non-hydrogen) atoms. The van der Waals surface area contributed by atoms with Crippen molar-refractivity contribution >= 4 is 42.4 Å². The van der Waals surface area contributed by atoms with Gasteiger partial charge in [0.05, 0.1) is 27.6 Å². The van der Waals surface area contributed by atoms with Crippen molar-refractivity contribution in [3.8, 4) is 0 Å². The Morgan fingerprint density at radius 3 is 2.43 bits per heavy atom. The molecule has 0 bridgehead atoms. The Morgan fingerprint density at radius 1 is 1.06 bits per heavy atom. The van der Waals surface area contributed by atoms with Gasteiger partial charge in [0.1, 0.15) is 17.2 Å². The number of amides is 1. The molecule has 4 rings (SSSR count). The van der Waals surface area contributed by atoms with Crippen LogP contribution in [0.25, 0.3) is 10.2 Å². The number of carbonyl (C=O) groups excluding carboxylic acids is 1. The number of hydrogen-bond donors (Lipinski definition) is 0. The molecule has 0 aliphatic carbocycles. The van der Waals surface area contributed by atoms with Crippen molar-refractivity contribution in [2.45, 2.75) is 31.7 Å². The number of fused-ring (bicyclic) bond motifs is 1. The van der Waals surface area contributed by atoms with Crippen LogP contribution in [0, 0.1) is 31.3 Å². The number of aromatic nitrogens is 3. The largest absolute Gasteiger partial charge is 0.286 e. The third kappa shape index (κ3) is 5.54. The molecule has 0 unspecified atom stereocenters. The van der Waals surface area contributed by atoms with Crippen molar-refractivity contribution in [2.24, 2.45) is 0 Å². The fraction of sp³-hybridized carbons (Fsp3) is 0.261. The predicted molar refractivity (Wildman–Crippen MR) is 127 cm³/mol. The van der Waals surface area contributed by atoms with Crippen LogP contribution >= 0.6 is 11.3 Å². The topological polar surface area (TPSA) is 85.2 Å². The Bertz CT molecular complexity index is 1500. The number of benzene rings is 2. The third-order valence-electron chi connectivity index (χ3n) is 5.33. The highest BCUT2D eigenvalue weighted by Crippen LogP contribution is 2.31. The van der Waals surface area contributed by atoms with Crippen molar-refractivity contribution in [3.63, 3.8) is 0 Å². The van der Waals surface area contributed by atoms with Crippen LogP contribution in [0.3, 0.4) is 0 Å². The molecule has 2 aromatic heterocycles. The molecule has 0 aliphatic heterocycles. The van der Waals surface area contributed by atoms with Gasteiger partial charge < -0.3 is 0 Å². The lowest BCUT2D eigenvalue weighted by Gasteiger charge is -2.20. The van der Waals surface area contributed by atoms with E-state index in [9.17, 15) is 26.4 Å². The first-order chi connectivity index (χ1) is 16.5. The van der Waals surface area contributed by atoms with Gasteiger partial charge in [-0.15, -0.1) is 0 Å². The summed E-state index contributed by atoms with van der Waals surface area (Å²) in [6.45, 7) is 4.05. The minimum absolute atomic E-state index is 0.0748. The smallest absolute Gasteiger partial charge is 0.229 e. The van der Waals surface area contributed by atoms with Gasteiger partial charge in [-0.2, -0.15) is 5.10 Å². The predicted octanol–water partition coefficient (Wildman–Crippen LogP) is 4.42. The molecule has 0 radical (unpaired) electrons. The van der Waals surface area contributed by atoms with Gasteiger partial charge in [0.2, 0.25) is 5.91 Å². The highest BCUT2D eigenvalue weighted by Gasteiger charge is 2.24. The molecule has 2 heterocycles. The fourth-order valence-corrected chi connectivity index (χ4v) is 5.88. The summed E-state index contributed by atoms with van der Waals surface area (Å²) in [5, 5.41) is 4.48. The fourth-order valence-electron chi connectivity index (χ4n) is 3.60. The first-order valence-corrected chi connectivity index (χ1v) is 13.1. The molecule has 0 fully saturated rings. The van der Waals surface area contributed by atoms with Gasteiger partial charge in [-0.1, -0.05) is 11.3 Å². The summed E-state index contributed by atoms with van der Waals surface area (Å²) in [6.07, 6.45) is -0.385. The molecule has 0 atom stereocenters. The summed E-state index contributed by atoms with van der Waals surface area (Å²) in [5.41, 5.74) is 1.59. The summed E-state index contributed by atoms with van der Waals surface area (Å²) < 4.78 is 68.3. The number of carbonyl (C=O) groups is 1. The number of anilines is 1. The Kier molecular flexibility index (Phi) is 6.95. The highest BCUT2D eigenvalue weighted by molar-refractivity contribution is 7.91. The monoisotopic (exact) mass is 522 g/mol. The van der Waals surface area contributed by atoms with Crippen molar-refractivity contribution < 1.29 is 26.4 Å². The zero-order valence-corrected chi connectivity index (χ0v) is 20.5. The maximum Gasteiger partial charge on any atom is 0.229 e. The summed E-state index contributed by atoms with van der Waals surface area (Å²) >= 11 is 0.931. The number of halogens is 3. The van der Waals surface area contributed by atoms with E-state index in [-0.39, 0.29) is 39.8 Å². The Morgan fingerprint density at radius 2 is 1.77 bits per heavy atom. The lowest BCUT2D eigenvalue weighted by atomic mass is 10.3. The lowest BCUT2D eigenvalue weighted by molar-refractivity contribution is -0.118. The molecular weight excluding hydrogens is 501 g/mol. The molecule has 7 nitrogen and oxygen atoms in total. The molecule has 0 saturated carbocycles. The standard InChI is InChI=1S/C23H21F3N4O3S2/c1-14-11-15(2)30(28-14)9-8-29(23-27-22-19(26)12-17(25)13-20(22)34-23)21(31)7-10-35(32,33)18-5-3-16(24)4-6-18/h3-6,11-13H,7-10H2,1-2H3. The summed E-state index contributed by atoms with van der Waals surface area (Å²) in [6, 6.07) is 8.05. The molecule has 0 aliphatic rings. The molecule has 2 aromatic carbocycles. The number of hydrogen-bond acceptors (Lipinski definition) is 6. The summed E-state index contributed by atoms with van der Waals surface area (Å²) in [4.78, 5) is 18.5. The molecular formula is C23H21F3N4O3S2. The van der Waals surface area contributed by atoms with Gasteiger partial charge in [0.15, 0.2) is 20.8 Å². The first kappa shape index (κ1) is 24.9. The molecule has 0 spiro atoms. The molecule has 4 aromatic rings. The van der Waals surface area contributed by atoms with E-state index < -0.39 is 38.9 Å². The average Bonchev–Trinajstić information content (AvgIpc) is 3.35. The quantitative estimate of drug-likeness (QED) is 0.320. The number of nitrogens with zero attached hydrogens (tertiary/aromatic N) is 4. The van der Waals surface area contributed by atoms with Crippen LogP contribution in [0.5, 0.6) is 0 Å². The van der Waals surface area contributed by atoms with Crippen LogP contribution in [0.2, 0.25) is 0 Å². The minimum Gasteiger partial charge on any atom is -0.286 e. The molecule has 0 saturated heterocycles. The summed E-state index contributed by atoms with van der Waals surface area (Å²) in [7, 11) is -3.85. The van der Waals surface area contributed by atoms with Crippen molar-refractivity contribution in [2.75, 3.05) is 17.2 Å². The maximum absolute atomic E-state index is 14.2. The lowest BCUT2D eigenvalue weighted by Crippen LogP contribution is -2.35. The van der Waals surface area contributed by atoms with Gasteiger partial charge in [0, 0.05) is 24.7 Å². The Balaban J connectivity index is 1.60. The van der Waals surface area contributed by atoms with E-state index in [2.05, 4.69) is 10.1 Å². The second-order valence-corrected chi connectivity index (χ2v) is 11.1. The zero-order chi connectivity index (χ0) is 25.3. The number of aryl methyl sites for hydroxylation is 2. The second kappa shape index (κ2) is 9.78. The van der Waals surface area contributed by atoms with Crippen LogP contribution in [0.15, 0.2) is 47.4 Å². The number of sulfone groups is 1. The van der Waals surface area contributed by atoms with Crippen LogP contribution in [0.1, 0.15) is 17.8 Å². The Labute approximate surface area is 203 Å². The van der Waals surface area contributed by atoms with Crippen LogP contribution < -0.4 is 4.90 Å². The van der Waals surface area contributed by atoms with E-state index in [0.29, 0.717) is 6.07 Å². The average molecular weight is 523 g/mol. The SMILES string of the molecule is Cc1cc(C)n(CCN(C(=O)CCS(=O)(=O)c2ccc(F)cc2)c2nc3c(F)cc(F)cc3s2)n1. The normalized spacial score (nSPS) is 11.8. The van der Waals surface area contributed by atoms with Crippen LogP contribution in [0.4, 0.5) is 18.3 Å². The maximum atomic E-state index is 14.2. The van der Waals surface area contributed by atoms with Crippen LogP contribution in [-0.4, -0.2) is 41.4 Å². The van der Waals surface area contributed by atoms with Gasteiger partial charge in [-0.3, -0.25) is 14.4 Å². The number of rotatable bonds is 8. The first-order valence-electron chi connectivity index (χ1n) is 10.6. The van der Waals surface area contributed by atoms with E-state index >= 15 is 0 Å². The van der Waals surface area contributed by atoms with Gasteiger partial charge in [0.25, 0.3) is 0 Å². The van der Waals surface area contributed by atoms with Gasteiger partial charge in [-0.05, 0) is 50.2 Å². The van der Waals surface area contributed by atoms with Gasteiger partial charge in [-0.25, -0.2) is 26.6 Å². The molecule has 1 amide bonds. The van der Waals surface area contributed by atoms with Crippen molar-refractivity contribution in [1.82, 2.24) is 14.8 Å². The molecule has 12 heteroatoms. The minimum atomic E-state index is -3.85. The van der Waals surface area contributed by atoms with Crippen molar-refractivity contribution in [3.05, 3.63) is 71.3 Å². The van der Waals surface area contributed by atoms with E-state index in [4.69, 9.17) is 0 Å². The Hall–Kier alpha value is -3.25. The third-order valence-corrected chi connectivity index (χ3v) is 8.09. The van der Waals surface area contributed by atoms with Crippen molar-refractivity contribution in [1.29, 1.82) is 0 Å². The number of thiazole rings is 1. The summed E-state index contributed by atoms with van der Waals surface area (Å²) in [5.74, 6) is -3.27. The second-order valence-electron chi connectivity index (χ2n) is 7.95. The van der Waals surface area contributed by atoms with E-state index in [1.165, 1.54) is 4.90 Å². The highest BCUT2D eigenvalue weighted by atomic mass is 32.2. The van der Waals surface area contributed by atoms with E-state index in [0.717, 1.165) is 53.1 Å². The zero-order valence-electron chi connectivity index (χ0n) is 18.8. The van der Waals surface area contributed by atoms with Crippen LogP contribution in [-0.2, 0) is 21.2 Å². The molecule has 0 N–H and O–H groups in total. The van der Waals surface area contributed by atoms with E-state index in [1.807, 2.05) is 19.9 Å².